The number of para-hydroxylation sites is 1. The van der Waals surface area contributed by atoms with Crippen molar-refractivity contribution in [3.8, 4) is 0 Å². The fourth-order valence-electron chi connectivity index (χ4n) is 8.30. The Kier molecular flexibility index (Phi) is 5.94. The van der Waals surface area contributed by atoms with Crippen LogP contribution in [0, 0.1) is 0 Å². The van der Waals surface area contributed by atoms with E-state index in [1.54, 1.807) is 0 Å². The lowest BCUT2D eigenvalue weighted by molar-refractivity contribution is 0.592. The lowest BCUT2D eigenvalue weighted by Gasteiger charge is -2.22. The van der Waals surface area contributed by atoms with Crippen molar-refractivity contribution in [2.24, 2.45) is 0 Å². The molecule has 0 spiro atoms. The molecule has 0 aliphatic carbocycles. The van der Waals surface area contributed by atoms with Crippen LogP contribution in [0.5, 0.6) is 0 Å². The fraction of sp³-hybridized carbons (Fsp3) is 0. The van der Waals surface area contributed by atoms with Gasteiger partial charge >= 0.3 is 0 Å². The molecular weight excluding hydrogens is 640 g/mol. The highest BCUT2D eigenvalue weighted by molar-refractivity contribution is 7.85. The molecule has 4 heteroatoms. The molecular formula is C47H29N2OP. The van der Waals surface area contributed by atoms with Gasteiger partial charge in [0.2, 0.25) is 0 Å². The number of fused-ring (bicyclic) bond motifs is 13. The maximum absolute atomic E-state index is 16.6. The van der Waals surface area contributed by atoms with Gasteiger partial charge in [0.05, 0.1) is 16.6 Å². The highest BCUT2D eigenvalue weighted by Crippen LogP contribution is 2.47. The van der Waals surface area contributed by atoms with Gasteiger partial charge in [0.1, 0.15) is 5.65 Å². The molecule has 2 heterocycles. The van der Waals surface area contributed by atoms with E-state index in [2.05, 4.69) is 150 Å². The van der Waals surface area contributed by atoms with Crippen LogP contribution >= 0.6 is 7.14 Å². The molecule has 238 valence electrons. The van der Waals surface area contributed by atoms with Crippen LogP contribution in [0.25, 0.3) is 81.4 Å². The zero-order valence-electron chi connectivity index (χ0n) is 27.5. The van der Waals surface area contributed by atoms with Crippen molar-refractivity contribution in [1.29, 1.82) is 0 Å². The number of nitrogens with zero attached hydrogens (tertiary/aromatic N) is 2. The summed E-state index contributed by atoms with van der Waals surface area (Å²) < 4.78 is 18.9. The second-order valence-corrected chi connectivity index (χ2v) is 16.2. The van der Waals surface area contributed by atoms with E-state index in [1.807, 2.05) is 30.3 Å². The minimum Gasteiger partial charge on any atom is -0.309 e. The Balaban J connectivity index is 1.35. The van der Waals surface area contributed by atoms with Crippen LogP contribution < -0.4 is 15.9 Å². The number of hydrogen-bond acceptors (Lipinski definition) is 2. The zero-order valence-corrected chi connectivity index (χ0v) is 28.4. The average Bonchev–Trinajstić information content (AvgIpc) is 3.59. The molecule has 0 radical (unpaired) electrons. The average molecular weight is 669 g/mol. The van der Waals surface area contributed by atoms with Gasteiger partial charge in [-0.25, -0.2) is 4.98 Å². The zero-order chi connectivity index (χ0) is 33.7. The molecule has 0 fully saturated rings. The Morgan fingerprint density at radius 3 is 1.65 bits per heavy atom. The summed E-state index contributed by atoms with van der Waals surface area (Å²) in [6.07, 6.45) is 0. The van der Waals surface area contributed by atoms with Crippen LogP contribution in [-0.2, 0) is 4.57 Å². The fourth-order valence-corrected chi connectivity index (χ4v) is 11.2. The lowest BCUT2D eigenvalue weighted by atomic mass is 9.98. The first-order valence-corrected chi connectivity index (χ1v) is 19.0. The summed E-state index contributed by atoms with van der Waals surface area (Å²) in [4.78, 5) is 5.43. The van der Waals surface area contributed by atoms with E-state index < -0.39 is 7.14 Å². The summed E-state index contributed by atoms with van der Waals surface area (Å²) in [5, 5.41) is 14.8. The quantitative estimate of drug-likeness (QED) is 0.107. The molecule has 0 saturated heterocycles. The Morgan fingerprint density at radius 1 is 0.431 bits per heavy atom. The SMILES string of the molecule is O=P(c1ccc2ccccc2c1)(c1ccc2ccccc2c1)c1cccc2nc3c4c5ccccc5ccc4c4cc5ccccc5cc4n3c12. The molecule has 51 heavy (non-hydrogen) atoms. The number of imidazole rings is 1. The molecule has 0 bridgehead atoms. The Bertz CT molecular complexity index is 3220. The van der Waals surface area contributed by atoms with Crippen molar-refractivity contribution >= 4 is 105 Å². The van der Waals surface area contributed by atoms with E-state index in [9.17, 15) is 0 Å². The van der Waals surface area contributed by atoms with Crippen LogP contribution in [0.15, 0.2) is 176 Å². The number of pyridine rings is 1. The number of rotatable bonds is 3. The minimum absolute atomic E-state index is 0.784. The summed E-state index contributed by atoms with van der Waals surface area (Å²) >= 11 is 0. The third-order valence-electron chi connectivity index (χ3n) is 10.7. The molecule has 11 aromatic rings. The molecule has 0 saturated carbocycles. The van der Waals surface area contributed by atoms with Crippen LogP contribution in [0.2, 0.25) is 0 Å². The molecule has 0 amide bonds. The van der Waals surface area contributed by atoms with Gasteiger partial charge in [-0.15, -0.1) is 0 Å². The molecule has 0 N–H and O–H groups in total. The van der Waals surface area contributed by atoms with Gasteiger partial charge in [-0.05, 0) is 84.9 Å². The van der Waals surface area contributed by atoms with Crippen molar-refractivity contribution < 1.29 is 4.57 Å². The monoisotopic (exact) mass is 668 g/mol. The highest BCUT2D eigenvalue weighted by atomic mass is 31.2. The Labute approximate surface area is 293 Å². The number of hydrogen-bond donors (Lipinski definition) is 0. The molecule has 11 rings (SSSR count). The minimum atomic E-state index is -3.50. The van der Waals surface area contributed by atoms with Crippen molar-refractivity contribution in [3.05, 3.63) is 176 Å². The van der Waals surface area contributed by atoms with E-state index in [-0.39, 0.29) is 0 Å². The Morgan fingerprint density at radius 2 is 0.980 bits per heavy atom. The van der Waals surface area contributed by atoms with Gasteiger partial charge in [-0.3, -0.25) is 4.40 Å². The van der Waals surface area contributed by atoms with Gasteiger partial charge in [0, 0.05) is 26.7 Å². The number of aromatic nitrogens is 2. The van der Waals surface area contributed by atoms with E-state index in [1.165, 1.54) is 5.39 Å². The second kappa shape index (κ2) is 10.6. The molecule has 0 atom stereocenters. The summed E-state index contributed by atoms with van der Waals surface area (Å²) in [7, 11) is -3.50. The smallest absolute Gasteiger partial charge is 0.173 e. The first-order chi connectivity index (χ1) is 25.1. The highest BCUT2D eigenvalue weighted by Gasteiger charge is 2.34. The van der Waals surface area contributed by atoms with Gasteiger partial charge < -0.3 is 4.57 Å². The first kappa shape index (κ1) is 28.5. The molecule has 2 aromatic heterocycles. The summed E-state index contributed by atoms with van der Waals surface area (Å²) in [6, 6.07) is 61.5. The van der Waals surface area contributed by atoms with E-state index >= 15 is 4.57 Å². The van der Waals surface area contributed by atoms with Crippen LogP contribution in [-0.4, -0.2) is 9.38 Å². The topological polar surface area (TPSA) is 34.4 Å². The van der Waals surface area contributed by atoms with Gasteiger partial charge in [0.25, 0.3) is 0 Å². The number of benzene rings is 9. The third kappa shape index (κ3) is 4.07. The lowest BCUT2D eigenvalue weighted by Crippen LogP contribution is -2.26. The maximum Gasteiger partial charge on any atom is 0.173 e. The van der Waals surface area contributed by atoms with E-state index in [0.29, 0.717) is 0 Å². The van der Waals surface area contributed by atoms with Gasteiger partial charge in [-0.2, -0.15) is 0 Å². The first-order valence-electron chi connectivity index (χ1n) is 17.3. The molecule has 0 aliphatic rings. The normalized spacial score (nSPS) is 12.4. The molecule has 0 unspecified atom stereocenters. The third-order valence-corrected chi connectivity index (χ3v) is 13.8. The van der Waals surface area contributed by atoms with Crippen molar-refractivity contribution in [2.75, 3.05) is 0 Å². The van der Waals surface area contributed by atoms with Crippen molar-refractivity contribution in [1.82, 2.24) is 9.38 Å². The summed E-state index contributed by atoms with van der Waals surface area (Å²) in [5.74, 6) is 0. The Hall–Kier alpha value is -6.28. The van der Waals surface area contributed by atoms with E-state index in [4.69, 9.17) is 4.98 Å². The standard InChI is InChI=1S/C47H29N2OP/c50-51(37-23-20-30-10-1-3-13-33(30)26-37,38-24-21-31-11-2-4-14-34(31)27-38)44-19-9-18-42-46(44)49-43-29-36-16-6-5-15-35(36)28-41(43)40-25-22-32-12-7-8-17-39(32)45(40)47(49)48-42/h1-29H. The summed E-state index contributed by atoms with van der Waals surface area (Å²) in [6.45, 7) is 0. The van der Waals surface area contributed by atoms with Crippen molar-refractivity contribution in [2.45, 2.75) is 0 Å². The largest absolute Gasteiger partial charge is 0.309 e. The van der Waals surface area contributed by atoms with Crippen LogP contribution in [0.4, 0.5) is 0 Å². The van der Waals surface area contributed by atoms with Crippen LogP contribution in [0.1, 0.15) is 0 Å². The second-order valence-electron chi connectivity index (χ2n) is 13.5. The van der Waals surface area contributed by atoms with Gasteiger partial charge in [-0.1, -0.05) is 140 Å². The van der Waals surface area contributed by atoms with Crippen LogP contribution in [0.3, 0.4) is 0 Å². The van der Waals surface area contributed by atoms with Crippen molar-refractivity contribution in [3.63, 3.8) is 0 Å². The van der Waals surface area contributed by atoms with E-state index in [0.717, 1.165) is 92.0 Å². The predicted octanol–water partition coefficient (Wildman–Crippen LogP) is 11.0. The molecule has 3 nitrogen and oxygen atoms in total. The molecule has 9 aromatic carbocycles. The molecule has 0 aliphatic heterocycles. The van der Waals surface area contributed by atoms with Gasteiger partial charge in [0.15, 0.2) is 7.14 Å². The predicted molar refractivity (Wildman–Crippen MR) is 217 cm³/mol. The summed E-state index contributed by atoms with van der Waals surface area (Å²) in [5.41, 5.74) is 3.62. The maximum atomic E-state index is 16.6.